The highest BCUT2D eigenvalue weighted by Gasteiger charge is 2.45. The van der Waals surface area contributed by atoms with Gasteiger partial charge in [-0.1, -0.05) is 31.2 Å². The van der Waals surface area contributed by atoms with Crippen molar-refractivity contribution in [2.24, 2.45) is 5.92 Å². The molecule has 118 valence electrons. The van der Waals surface area contributed by atoms with Gasteiger partial charge >= 0.3 is 6.03 Å². The maximum absolute atomic E-state index is 12.6. The number of hydrogen-bond donors (Lipinski definition) is 1. The van der Waals surface area contributed by atoms with Crippen molar-refractivity contribution in [3.8, 4) is 0 Å². The van der Waals surface area contributed by atoms with E-state index in [2.05, 4.69) is 30.4 Å². The Morgan fingerprint density at radius 1 is 1.32 bits per heavy atom. The molecule has 0 radical (unpaired) electrons. The minimum Gasteiger partial charge on any atom is -0.346 e. The zero-order valence-corrected chi connectivity index (χ0v) is 12.9. The number of nitrogens with zero attached hydrogens (tertiary/aromatic N) is 1. The first kappa shape index (κ1) is 14.0. The highest BCUT2D eigenvalue weighted by Crippen LogP contribution is 2.36. The molecule has 22 heavy (non-hydrogen) atoms. The predicted molar refractivity (Wildman–Crippen MR) is 81.4 cm³/mol. The van der Waals surface area contributed by atoms with E-state index in [1.54, 1.807) is 0 Å². The maximum atomic E-state index is 12.6. The topological polar surface area (TPSA) is 50.8 Å². The van der Waals surface area contributed by atoms with E-state index in [0.29, 0.717) is 32.2 Å². The highest BCUT2D eigenvalue weighted by molar-refractivity contribution is 5.75. The molecule has 0 aromatic heterocycles. The van der Waals surface area contributed by atoms with E-state index in [1.165, 1.54) is 11.1 Å². The molecule has 1 aromatic carbocycles. The molecule has 2 saturated heterocycles. The fourth-order valence-electron chi connectivity index (χ4n) is 3.90. The summed E-state index contributed by atoms with van der Waals surface area (Å²) >= 11 is 0. The molecule has 1 N–H and O–H groups in total. The first-order valence-corrected chi connectivity index (χ1v) is 8.08. The average Bonchev–Trinajstić information content (AvgIpc) is 3.22. The van der Waals surface area contributed by atoms with Gasteiger partial charge in [0.2, 0.25) is 0 Å². The molecule has 0 saturated carbocycles. The van der Waals surface area contributed by atoms with Crippen LogP contribution in [0, 0.1) is 5.92 Å². The third kappa shape index (κ3) is 2.29. The number of nitrogens with one attached hydrogen (secondary N) is 1. The number of carbonyl (C=O) groups is 1. The normalized spacial score (nSPS) is 29.0. The number of likely N-dealkylation sites (tertiary alicyclic amines) is 1. The Hall–Kier alpha value is -1.59. The van der Waals surface area contributed by atoms with Crippen LogP contribution in [0.3, 0.4) is 0 Å². The predicted octanol–water partition coefficient (Wildman–Crippen LogP) is 2.08. The molecule has 1 aromatic rings. The second-order valence-corrected chi connectivity index (χ2v) is 6.59. The van der Waals surface area contributed by atoms with Crippen molar-refractivity contribution in [1.82, 2.24) is 10.2 Å². The summed E-state index contributed by atoms with van der Waals surface area (Å²) in [6.07, 6.45) is 1.79. The van der Waals surface area contributed by atoms with Crippen LogP contribution in [-0.4, -0.2) is 43.0 Å². The second-order valence-electron chi connectivity index (χ2n) is 6.59. The molecule has 5 nitrogen and oxygen atoms in total. The van der Waals surface area contributed by atoms with Crippen molar-refractivity contribution in [3.63, 3.8) is 0 Å². The van der Waals surface area contributed by atoms with Gasteiger partial charge in [-0.2, -0.15) is 0 Å². The quantitative estimate of drug-likeness (QED) is 0.864. The summed E-state index contributed by atoms with van der Waals surface area (Å²) in [6, 6.07) is 8.48. The Morgan fingerprint density at radius 2 is 2.09 bits per heavy atom. The maximum Gasteiger partial charge on any atom is 0.318 e. The van der Waals surface area contributed by atoms with Gasteiger partial charge < -0.3 is 19.7 Å². The summed E-state index contributed by atoms with van der Waals surface area (Å²) in [7, 11) is 0. The summed E-state index contributed by atoms with van der Waals surface area (Å²) < 4.78 is 11.4. The first-order chi connectivity index (χ1) is 10.7. The Kier molecular flexibility index (Phi) is 3.35. The zero-order valence-electron chi connectivity index (χ0n) is 12.9. The van der Waals surface area contributed by atoms with Crippen molar-refractivity contribution in [1.29, 1.82) is 0 Å². The molecule has 1 spiro atoms. The van der Waals surface area contributed by atoms with E-state index in [1.807, 2.05) is 11.0 Å². The molecule has 0 unspecified atom stereocenters. The Bertz CT molecular complexity index is 583. The van der Waals surface area contributed by atoms with Crippen LogP contribution in [0.4, 0.5) is 4.79 Å². The molecule has 1 aliphatic carbocycles. The molecule has 2 aliphatic heterocycles. The number of benzene rings is 1. The minimum atomic E-state index is -0.545. The summed E-state index contributed by atoms with van der Waals surface area (Å²) in [4.78, 5) is 14.4. The molecule has 5 heteroatoms. The van der Waals surface area contributed by atoms with Crippen molar-refractivity contribution in [3.05, 3.63) is 35.4 Å². The van der Waals surface area contributed by atoms with Gasteiger partial charge in [-0.05, 0) is 23.5 Å². The minimum absolute atomic E-state index is 0.00970. The standard InChI is InChI=1S/C17H22N2O3/c1-12-10-13-4-2-3-5-14(13)15(12)18-16(20)19-7-6-17(11-19)21-8-9-22-17/h2-5,12,15H,6-11H2,1H3,(H,18,20)/t12-,15-/m1/s1. The van der Waals surface area contributed by atoms with Gasteiger partial charge in [0, 0.05) is 13.0 Å². The molecule has 3 aliphatic rings. The van der Waals surface area contributed by atoms with Gasteiger partial charge in [-0.3, -0.25) is 0 Å². The van der Waals surface area contributed by atoms with Crippen molar-refractivity contribution in [2.75, 3.05) is 26.3 Å². The number of urea groups is 1. The summed E-state index contributed by atoms with van der Waals surface area (Å²) in [5.74, 6) is -0.117. The number of ether oxygens (including phenoxy) is 2. The Balaban J connectivity index is 1.44. The van der Waals surface area contributed by atoms with Gasteiger partial charge in [0.05, 0.1) is 25.8 Å². The van der Waals surface area contributed by atoms with Crippen molar-refractivity contribution in [2.45, 2.75) is 31.6 Å². The van der Waals surface area contributed by atoms with E-state index >= 15 is 0 Å². The average molecular weight is 302 g/mol. The fraction of sp³-hybridized carbons (Fsp3) is 0.588. The lowest BCUT2D eigenvalue weighted by Crippen LogP contribution is -2.43. The molecular weight excluding hydrogens is 280 g/mol. The lowest BCUT2D eigenvalue weighted by molar-refractivity contribution is -0.143. The Labute approximate surface area is 130 Å². The molecule has 2 atom stereocenters. The number of rotatable bonds is 1. The lowest BCUT2D eigenvalue weighted by atomic mass is 10.0. The highest BCUT2D eigenvalue weighted by atomic mass is 16.7. The van der Waals surface area contributed by atoms with Gasteiger partial charge in [0.15, 0.2) is 5.79 Å². The first-order valence-electron chi connectivity index (χ1n) is 8.08. The third-order valence-corrected chi connectivity index (χ3v) is 5.08. The van der Waals surface area contributed by atoms with Crippen LogP contribution in [-0.2, 0) is 15.9 Å². The van der Waals surface area contributed by atoms with Crippen LogP contribution >= 0.6 is 0 Å². The Morgan fingerprint density at radius 3 is 2.91 bits per heavy atom. The largest absolute Gasteiger partial charge is 0.346 e. The van der Waals surface area contributed by atoms with Crippen LogP contribution < -0.4 is 5.32 Å². The van der Waals surface area contributed by atoms with Gasteiger partial charge in [-0.25, -0.2) is 4.79 Å². The van der Waals surface area contributed by atoms with E-state index in [0.717, 1.165) is 12.8 Å². The molecule has 4 rings (SSSR count). The molecule has 2 amide bonds. The van der Waals surface area contributed by atoms with E-state index in [-0.39, 0.29) is 12.1 Å². The van der Waals surface area contributed by atoms with Gasteiger partial charge in [-0.15, -0.1) is 0 Å². The monoisotopic (exact) mass is 302 g/mol. The summed E-state index contributed by atoms with van der Waals surface area (Å²) in [5.41, 5.74) is 2.60. The smallest absolute Gasteiger partial charge is 0.318 e. The molecule has 2 heterocycles. The fourth-order valence-corrected chi connectivity index (χ4v) is 3.90. The van der Waals surface area contributed by atoms with Crippen LogP contribution in [0.2, 0.25) is 0 Å². The third-order valence-electron chi connectivity index (χ3n) is 5.08. The van der Waals surface area contributed by atoms with E-state index in [4.69, 9.17) is 9.47 Å². The number of fused-ring (bicyclic) bond motifs is 1. The molecule has 0 bridgehead atoms. The number of carbonyl (C=O) groups excluding carboxylic acids is 1. The van der Waals surface area contributed by atoms with E-state index in [9.17, 15) is 4.79 Å². The zero-order chi connectivity index (χ0) is 15.2. The van der Waals surface area contributed by atoms with Gasteiger partial charge in [0.25, 0.3) is 0 Å². The summed E-state index contributed by atoms with van der Waals surface area (Å²) in [6.45, 7) is 4.67. The number of hydrogen-bond acceptors (Lipinski definition) is 3. The SMILES string of the molecule is C[C@@H]1Cc2ccccc2[C@@H]1NC(=O)N1CCC2(C1)OCCO2. The van der Waals surface area contributed by atoms with E-state index < -0.39 is 5.79 Å². The second kappa shape index (κ2) is 5.25. The van der Waals surface area contributed by atoms with Crippen LogP contribution in [0.5, 0.6) is 0 Å². The van der Waals surface area contributed by atoms with Gasteiger partial charge in [0.1, 0.15) is 0 Å². The van der Waals surface area contributed by atoms with Crippen molar-refractivity contribution < 1.29 is 14.3 Å². The van der Waals surface area contributed by atoms with Crippen LogP contribution in [0.25, 0.3) is 0 Å². The molecular formula is C17H22N2O3. The summed E-state index contributed by atoms with van der Waals surface area (Å²) in [5, 5.41) is 3.21. The number of amides is 2. The van der Waals surface area contributed by atoms with Crippen LogP contribution in [0.15, 0.2) is 24.3 Å². The lowest BCUT2D eigenvalue weighted by Gasteiger charge is -2.25. The molecule has 2 fully saturated rings. The van der Waals surface area contributed by atoms with Crippen LogP contribution in [0.1, 0.15) is 30.5 Å². The van der Waals surface area contributed by atoms with Crippen molar-refractivity contribution >= 4 is 6.03 Å².